The molecule has 0 fully saturated rings. The van der Waals surface area contributed by atoms with Crippen molar-refractivity contribution in [3.8, 4) is 11.1 Å². The van der Waals surface area contributed by atoms with Crippen LogP contribution in [-0.2, 0) is 35.0 Å². The third-order valence-corrected chi connectivity index (χ3v) is 10.3. The van der Waals surface area contributed by atoms with E-state index < -0.39 is 48.1 Å². The summed E-state index contributed by atoms with van der Waals surface area (Å²) in [5, 5.41) is 18.6. The summed E-state index contributed by atoms with van der Waals surface area (Å²) in [5.41, 5.74) is 5.92. The molecule has 11 nitrogen and oxygen atoms in total. The third kappa shape index (κ3) is 10.3. The maximum absolute atomic E-state index is 14.0. The van der Waals surface area contributed by atoms with Crippen molar-refractivity contribution in [1.82, 2.24) is 16.0 Å². The number of hydrogen-bond donors (Lipinski definition) is 4. The van der Waals surface area contributed by atoms with Crippen molar-refractivity contribution in [1.29, 1.82) is 0 Å². The first-order valence-electron chi connectivity index (χ1n) is 19.1. The summed E-state index contributed by atoms with van der Waals surface area (Å²) in [6.45, 7) is -0.194. The van der Waals surface area contributed by atoms with Gasteiger partial charge in [-0.3, -0.25) is 9.59 Å². The Kier molecular flexibility index (Phi) is 14.0. The number of fused-ring (bicyclic) bond motifs is 3. The molecule has 0 bridgehead atoms. The highest BCUT2D eigenvalue weighted by molar-refractivity contribution is 5.86. The van der Waals surface area contributed by atoms with Gasteiger partial charge in [-0.2, -0.15) is 0 Å². The Morgan fingerprint density at radius 2 is 1.50 bits per heavy atom. The zero-order chi connectivity index (χ0) is 39.3. The normalized spacial score (nSPS) is 20.5. The Morgan fingerprint density at radius 1 is 0.857 bits per heavy atom. The van der Waals surface area contributed by atoms with Crippen LogP contribution >= 0.6 is 0 Å². The van der Waals surface area contributed by atoms with Gasteiger partial charge in [0.2, 0.25) is 11.8 Å². The molecule has 4 N–H and O–H groups in total. The van der Waals surface area contributed by atoms with Crippen molar-refractivity contribution in [2.24, 2.45) is 5.92 Å². The van der Waals surface area contributed by atoms with Gasteiger partial charge in [-0.05, 0) is 59.1 Å². The van der Waals surface area contributed by atoms with Crippen molar-refractivity contribution < 1.29 is 38.5 Å². The highest BCUT2D eigenvalue weighted by atomic mass is 16.6. The molecule has 0 aromatic heterocycles. The fourth-order valence-electron chi connectivity index (χ4n) is 7.44. The molecule has 4 aromatic rings. The summed E-state index contributed by atoms with van der Waals surface area (Å²) in [6, 6.07) is 32.2. The summed E-state index contributed by atoms with van der Waals surface area (Å²) < 4.78 is 17.4. The molecule has 0 saturated carbocycles. The number of carbonyl (C=O) groups excluding carboxylic acids is 4. The Balaban J connectivity index is 1.18. The number of aliphatic hydroxyl groups is 1. The van der Waals surface area contributed by atoms with Crippen LogP contribution in [0.25, 0.3) is 11.1 Å². The molecule has 0 spiro atoms. The number of alkyl carbamates (subject to hydrolysis) is 1. The molecule has 56 heavy (non-hydrogen) atoms. The van der Waals surface area contributed by atoms with E-state index in [1.165, 1.54) is 7.11 Å². The molecule has 6 rings (SSSR count). The number of carbonyl (C=O) groups is 4. The van der Waals surface area contributed by atoms with Crippen LogP contribution in [0.4, 0.5) is 4.79 Å². The Bertz CT molecular complexity index is 1920. The predicted molar refractivity (Wildman–Crippen MR) is 211 cm³/mol. The van der Waals surface area contributed by atoms with E-state index in [9.17, 15) is 24.3 Å². The molecule has 0 saturated heterocycles. The number of rotatable bonds is 12. The second-order valence-corrected chi connectivity index (χ2v) is 14.2. The van der Waals surface area contributed by atoms with Crippen LogP contribution in [0, 0.1) is 5.92 Å². The number of nitrogens with one attached hydrogen (secondary N) is 3. The number of allylic oxidation sites excluding steroid dienone is 2. The molecule has 11 heteroatoms. The molecule has 2 aliphatic rings. The molecule has 292 valence electrons. The van der Waals surface area contributed by atoms with Crippen molar-refractivity contribution in [2.45, 2.75) is 62.3 Å². The van der Waals surface area contributed by atoms with Gasteiger partial charge in [-0.1, -0.05) is 121 Å². The Labute approximate surface area is 327 Å². The number of esters is 1. The molecule has 4 aromatic carbocycles. The van der Waals surface area contributed by atoms with Gasteiger partial charge in [0.05, 0.1) is 31.2 Å². The summed E-state index contributed by atoms with van der Waals surface area (Å²) in [4.78, 5) is 54.6. The lowest BCUT2D eigenvalue weighted by molar-refractivity contribution is -0.155. The second kappa shape index (κ2) is 19.7. The van der Waals surface area contributed by atoms with Crippen LogP contribution < -0.4 is 16.0 Å². The largest absolute Gasteiger partial charge is 0.454 e. The molecule has 0 radical (unpaired) electrons. The number of hydrogen-bond acceptors (Lipinski definition) is 8. The molecular formula is C45H49N3O8. The summed E-state index contributed by atoms with van der Waals surface area (Å²) in [7, 11) is 1.48. The molecule has 1 aliphatic carbocycles. The summed E-state index contributed by atoms with van der Waals surface area (Å²) in [6.07, 6.45) is 2.98. The zero-order valence-electron chi connectivity index (χ0n) is 31.5. The molecule has 0 unspecified atom stereocenters. The number of aliphatic hydroxyl groups excluding tert-OH is 1. The van der Waals surface area contributed by atoms with E-state index >= 15 is 0 Å². The number of amides is 3. The van der Waals surface area contributed by atoms with E-state index in [1.807, 2.05) is 78.9 Å². The van der Waals surface area contributed by atoms with Gasteiger partial charge in [-0.15, -0.1) is 0 Å². The van der Waals surface area contributed by atoms with Gasteiger partial charge in [-0.25, -0.2) is 9.59 Å². The number of benzene rings is 4. The third-order valence-electron chi connectivity index (χ3n) is 10.3. The van der Waals surface area contributed by atoms with Crippen molar-refractivity contribution in [2.75, 3.05) is 26.9 Å². The molecular weight excluding hydrogens is 711 g/mol. The fourth-order valence-corrected chi connectivity index (χ4v) is 7.44. The van der Waals surface area contributed by atoms with E-state index in [1.54, 1.807) is 30.3 Å². The first kappa shape index (κ1) is 39.9. The van der Waals surface area contributed by atoms with E-state index in [-0.39, 0.29) is 50.9 Å². The Morgan fingerprint density at radius 3 is 2.16 bits per heavy atom. The first-order valence-corrected chi connectivity index (χ1v) is 19.1. The minimum Gasteiger partial charge on any atom is -0.454 e. The highest BCUT2D eigenvalue weighted by Crippen LogP contribution is 2.44. The van der Waals surface area contributed by atoms with Crippen LogP contribution in [-0.4, -0.2) is 74.0 Å². The van der Waals surface area contributed by atoms with Crippen molar-refractivity contribution >= 4 is 23.9 Å². The quantitative estimate of drug-likeness (QED) is 0.105. The van der Waals surface area contributed by atoms with E-state index in [0.29, 0.717) is 18.4 Å². The van der Waals surface area contributed by atoms with Gasteiger partial charge < -0.3 is 35.3 Å². The van der Waals surface area contributed by atoms with Crippen LogP contribution in [0.2, 0.25) is 0 Å². The van der Waals surface area contributed by atoms with Gasteiger partial charge in [0.15, 0.2) is 0 Å². The van der Waals surface area contributed by atoms with Crippen LogP contribution in [0.1, 0.15) is 60.0 Å². The predicted octanol–water partition coefficient (Wildman–Crippen LogP) is 5.78. The van der Waals surface area contributed by atoms with E-state index in [0.717, 1.165) is 27.8 Å². The standard InChI is InChI=1S/C45H49N3O8/c1-54-29-40-42(31-17-7-3-8-18-31)56-44(52)39(48-45(53)55-28-38-36-22-13-11-20-34(36)35-21-12-14-23-37(35)38)24-10-4-9-19-32(43(51)47-40)26-41(50)46-33(27-49)25-30-15-5-2-6-16-30/h2-9,11-18,20-23,32-33,38-40,42,49H,10,19,24-29H2,1H3,(H,46,50)(H,47,51)(H,48,53)/t32-,33-,39+,40+,42+/m1/s1. The van der Waals surface area contributed by atoms with Crippen molar-refractivity contribution in [3.63, 3.8) is 0 Å². The Hall–Kier alpha value is -5.78. The lowest BCUT2D eigenvalue weighted by Crippen LogP contribution is -2.49. The van der Waals surface area contributed by atoms with Crippen molar-refractivity contribution in [3.05, 3.63) is 144 Å². The monoisotopic (exact) mass is 759 g/mol. The number of methoxy groups -OCH3 is 1. The van der Waals surface area contributed by atoms with Crippen LogP contribution in [0.5, 0.6) is 0 Å². The van der Waals surface area contributed by atoms with Crippen LogP contribution in [0.15, 0.2) is 121 Å². The zero-order valence-corrected chi connectivity index (χ0v) is 31.5. The van der Waals surface area contributed by atoms with E-state index in [2.05, 4.69) is 28.1 Å². The summed E-state index contributed by atoms with van der Waals surface area (Å²) in [5.74, 6) is -2.42. The van der Waals surface area contributed by atoms with Gasteiger partial charge in [0.25, 0.3) is 0 Å². The second-order valence-electron chi connectivity index (χ2n) is 14.2. The van der Waals surface area contributed by atoms with Gasteiger partial charge in [0.1, 0.15) is 18.8 Å². The highest BCUT2D eigenvalue weighted by Gasteiger charge is 2.35. The lowest BCUT2D eigenvalue weighted by Gasteiger charge is -2.30. The maximum atomic E-state index is 14.0. The van der Waals surface area contributed by atoms with Gasteiger partial charge >= 0.3 is 12.1 Å². The van der Waals surface area contributed by atoms with Crippen LogP contribution in [0.3, 0.4) is 0 Å². The number of ether oxygens (including phenoxy) is 3. The smallest absolute Gasteiger partial charge is 0.407 e. The number of cyclic esters (lactones) is 1. The molecule has 1 heterocycles. The lowest BCUT2D eigenvalue weighted by atomic mass is 9.96. The average Bonchev–Trinajstić information content (AvgIpc) is 3.54. The summed E-state index contributed by atoms with van der Waals surface area (Å²) >= 11 is 0. The maximum Gasteiger partial charge on any atom is 0.407 e. The molecule has 5 atom stereocenters. The molecule has 3 amide bonds. The minimum absolute atomic E-state index is 0.0124. The fraction of sp³-hybridized carbons (Fsp3) is 0.333. The topological polar surface area (TPSA) is 152 Å². The van der Waals surface area contributed by atoms with E-state index in [4.69, 9.17) is 14.2 Å². The minimum atomic E-state index is -1.07. The first-order chi connectivity index (χ1) is 27.3. The average molecular weight is 760 g/mol. The van der Waals surface area contributed by atoms with Gasteiger partial charge in [0, 0.05) is 19.4 Å². The molecule has 1 aliphatic heterocycles. The SMILES string of the molecule is COC[C@@H]1NC(=O)[C@@H](CC(=O)N[C@@H](CO)Cc2ccccc2)CC=CCC[C@H](NC(=O)OCC2c3ccccc3-c3ccccc32)C(=O)O[C@H]1c1ccccc1.